The third-order valence-electron chi connectivity index (χ3n) is 7.68. The van der Waals surface area contributed by atoms with Crippen LogP contribution in [0.5, 0.6) is 0 Å². The molecular weight excluding hydrogens is 414 g/mol. The molecule has 8 heteroatoms. The number of nitrogens with one attached hydrogen (secondary N) is 2. The van der Waals surface area contributed by atoms with E-state index in [-0.39, 0.29) is 11.9 Å². The number of carbonyl (C=O) groups excluding carboxylic acids is 1. The molecule has 178 valence electrons. The molecular formula is C25H37N7O. The molecule has 2 N–H and O–H groups in total. The molecule has 0 spiro atoms. The van der Waals surface area contributed by atoms with Gasteiger partial charge >= 0.3 is 0 Å². The molecule has 1 aliphatic heterocycles. The van der Waals surface area contributed by atoms with Crippen LogP contribution in [-0.4, -0.2) is 56.6 Å². The number of anilines is 3. The van der Waals surface area contributed by atoms with Gasteiger partial charge in [-0.25, -0.2) is 4.98 Å². The molecule has 1 saturated heterocycles. The minimum absolute atomic E-state index is 0.166. The summed E-state index contributed by atoms with van der Waals surface area (Å²) in [7, 11) is 0. The first-order chi connectivity index (χ1) is 16.2. The molecule has 33 heavy (non-hydrogen) atoms. The van der Waals surface area contributed by atoms with Gasteiger partial charge in [-0.15, -0.1) is 0 Å². The van der Waals surface area contributed by atoms with Gasteiger partial charge in [0.25, 0.3) is 0 Å². The SMILES string of the molecule is CCN(CC)C(=O)[C@H]1CCCN1c1nc2c(c(Nc3cc(C4CCCCC4)[nH]n3)n1)CCC2. The van der Waals surface area contributed by atoms with Gasteiger partial charge in [0.1, 0.15) is 11.9 Å². The number of H-pyrrole nitrogens is 1. The summed E-state index contributed by atoms with van der Waals surface area (Å²) < 4.78 is 0. The number of rotatable bonds is 7. The normalized spacial score (nSPS) is 20.8. The Kier molecular flexibility index (Phi) is 6.51. The predicted octanol–water partition coefficient (Wildman–Crippen LogP) is 4.32. The van der Waals surface area contributed by atoms with Gasteiger partial charge in [0.15, 0.2) is 5.82 Å². The zero-order valence-corrected chi connectivity index (χ0v) is 20.1. The van der Waals surface area contributed by atoms with Gasteiger partial charge in [-0.1, -0.05) is 19.3 Å². The maximum absolute atomic E-state index is 13.2. The Labute approximate surface area is 196 Å². The van der Waals surface area contributed by atoms with Crippen molar-refractivity contribution in [3.8, 4) is 0 Å². The van der Waals surface area contributed by atoms with E-state index in [9.17, 15) is 4.79 Å². The highest BCUT2D eigenvalue weighted by molar-refractivity contribution is 5.85. The first kappa shape index (κ1) is 22.2. The third kappa shape index (κ3) is 4.44. The van der Waals surface area contributed by atoms with Gasteiger partial charge in [-0.3, -0.25) is 9.89 Å². The monoisotopic (exact) mass is 451 g/mol. The van der Waals surface area contributed by atoms with E-state index in [1.165, 1.54) is 43.4 Å². The van der Waals surface area contributed by atoms with Crippen LogP contribution in [0.15, 0.2) is 6.07 Å². The number of hydrogen-bond acceptors (Lipinski definition) is 6. The Bertz CT molecular complexity index is 977. The van der Waals surface area contributed by atoms with Crippen LogP contribution < -0.4 is 10.2 Å². The molecule has 2 aromatic heterocycles. The largest absolute Gasteiger partial charge is 0.341 e. The van der Waals surface area contributed by atoms with Crippen LogP contribution in [-0.2, 0) is 17.6 Å². The van der Waals surface area contributed by atoms with E-state index >= 15 is 0 Å². The van der Waals surface area contributed by atoms with Gasteiger partial charge < -0.3 is 15.1 Å². The Hall–Kier alpha value is -2.64. The minimum Gasteiger partial charge on any atom is -0.341 e. The minimum atomic E-state index is -0.166. The summed E-state index contributed by atoms with van der Waals surface area (Å²) in [5, 5.41) is 11.3. The molecule has 0 bridgehead atoms. The van der Waals surface area contributed by atoms with Gasteiger partial charge in [0.2, 0.25) is 11.9 Å². The van der Waals surface area contributed by atoms with Crippen molar-refractivity contribution in [3.05, 3.63) is 23.0 Å². The second-order valence-corrected chi connectivity index (χ2v) is 9.68. The van der Waals surface area contributed by atoms with E-state index in [0.29, 0.717) is 11.9 Å². The van der Waals surface area contributed by atoms with E-state index in [1.807, 2.05) is 18.7 Å². The quantitative estimate of drug-likeness (QED) is 0.652. The smallest absolute Gasteiger partial charge is 0.245 e. The highest BCUT2D eigenvalue weighted by Crippen LogP contribution is 2.35. The fourth-order valence-corrected chi connectivity index (χ4v) is 5.80. The number of hydrogen-bond donors (Lipinski definition) is 2. The van der Waals surface area contributed by atoms with Crippen LogP contribution in [0, 0.1) is 0 Å². The lowest BCUT2D eigenvalue weighted by molar-refractivity contribution is -0.132. The number of nitrogens with zero attached hydrogens (tertiary/aromatic N) is 5. The van der Waals surface area contributed by atoms with Crippen molar-refractivity contribution in [2.24, 2.45) is 0 Å². The molecule has 2 aliphatic carbocycles. The van der Waals surface area contributed by atoms with Crippen LogP contribution in [0.4, 0.5) is 17.6 Å². The summed E-state index contributed by atoms with van der Waals surface area (Å²) in [4.78, 5) is 27.1. The maximum Gasteiger partial charge on any atom is 0.245 e. The standard InChI is InChI=1S/C25H37N7O/c1-3-31(4-2)24(33)21-14-9-15-32(21)25-26-19-13-8-12-18(19)23(28-25)27-22-16-20(29-30-22)17-10-6-5-7-11-17/h16-17,21H,3-15H2,1-2H3,(H2,26,27,28,29,30)/t21-/m1/s1. The number of carbonyl (C=O) groups is 1. The van der Waals surface area contributed by atoms with E-state index in [1.54, 1.807) is 0 Å². The van der Waals surface area contributed by atoms with Gasteiger partial charge in [0.05, 0.1) is 5.69 Å². The first-order valence-corrected chi connectivity index (χ1v) is 13.0. The number of aromatic amines is 1. The van der Waals surface area contributed by atoms with Gasteiger partial charge in [-0.05, 0) is 58.8 Å². The molecule has 3 heterocycles. The third-order valence-corrected chi connectivity index (χ3v) is 7.68. The molecule has 0 radical (unpaired) electrons. The highest BCUT2D eigenvalue weighted by Gasteiger charge is 2.35. The van der Waals surface area contributed by atoms with E-state index in [2.05, 4.69) is 26.5 Å². The Morgan fingerprint density at radius 3 is 2.70 bits per heavy atom. The van der Waals surface area contributed by atoms with Crippen molar-refractivity contribution in [2.75, 3.05) is 29.9 Å². The zero-order valence-electron chi connectivity index (χ0n) is 20.1. The fraction of sp³-hybridized carbons (Fsp3) is 0.680. The van der Waals surface area contributed by atoms with Crippen molar-refractivity contribution < 1.29 is 4.79 Å². The van der Waals surface area contributed by atoms with E-state index < -0.39 is 0 Å². The predicted molar refractivity (Wildman–Crippen MR) is 130 cm³/mol. The van der Waals surface area contributed by atoms with Gasteiger partial charge in [0, 0.05) is 42.9 Å². The van der Waals surface area contributed by atoms with Crippen LogP contribution in [0.1, 0.15) is 88.1 Å². The van der Waals surface area contributed by atoms with Crippen molar-refractivity contribution in [1.82, 2.24) is 25.1 Å². The number of fused-ring (bicyclic) bond motifs is 1. The Morgan fingerprint density at radius 1 is 1.09 bits per heavy atom. The summed E-state index contributed by atoms with van der Waals surface area (Å²) in [6.45, 7) is 6.38. The number of amides is 1. The van der Waals surface area contributed by atoms with Gasteiger partial charge in [-0.2, -0.15) is 10.1 Å². The van der Waals surface area contributed by atoms with Crippen molar-refractivity contribution in [3.63, 3.8) is 0 Å². The van der Waals surface area contributed by atoms with Crippen LogP contribution in [0.25, 0.3) is 0 Å². The molecule has 1 atom stereocenters. The van der Waals surface area contributed by atoms with Crippen molar-refractivity contribution in [2.45, 2.75) is 90.0 Å². The van der Waals surface area contributed by atoms with Crippen molar-refractivity contribution in [1.29, 1.82) is 0 Å². The molecule has 1 saturated carbocycles. The molecule has 8 nitrogen and oxygen atoms in total. The Morgan fingerprint density at radius 2 is 1.91 bits per heavy atom. The van der Waals surface area contributed by atoms with Crippen LogP contribution in [0.2, 0.25) is 0 Å². The molecule has 2 fully saturated rings. The summed E-state index contributed by atoms with van der Waals surface area (Å²) in [6.07, 6.45) is 11.3. The number of aromatic nitrogens is 4. The molecule has 3 aliphatic rings. The average molecular weight is 452 g/mol. The zero-order chi connectivity index (χ0) is 22.8. The van der Waals surface area contributed by atoms with Crippen LogP contribution in [0.3, 0.4) is 0 Å². The van der Waals surface area contributed by atoms with Crippen molar-refractivity contribution >= 4 is 23.5 Å². The summed E-state index contributed by atoms with van der Waals surface area (Å²) in [5.41, 5.74) is 3.55. The average Bonchev–Trinajstić information content (AvgIpc) is 3.60. The highest BCUT2D eigenvalue weighted by atomic mass is 16.2. The first-order valence-electron chi connectivity index (χ1n) is 13.0. The van der Waals surface area contributed by atoms with E-state index in [0.717, 1.165) is 69.1 Å². The summed E-state index contributed by atoms with van der Waals surface area (Å²) in [6, 6.07) is 1.99. The lowest BCUT2D eigenvalue weighted by Gasteiger charge is -2.29. The second kappa shape index (κ2) is 9.69. The molecule has 0 unspecified atom stereocenters. The molecule has 5 rings (SSSR count). The summed E-state index contributed by atoms with van der Waals surface area (Å²) >= 11 is 0. The fourth-order valence-electron chi connectivity index (χ4n) is 5.80. The Balaban J connectivity index is 1.40. The molecule has 0 aromatic carbocycles. The maximum atomic E-state index is 13.2. The lowest BCUT2D eigenvalue weighted by atomic mass is 9.87. The summed E-state index contributed by atoms with van der Waals surface area (Å²) in [5.74, 6) is 3.15. The molecule has 2 aromatic rings. The molecule has 1 amide bonds. The van der Waals surface area contributed by atoms with Crippen LogP contribution >= 0.6 is 0 Å². The second-order valence-electron chi connectivity index (χ2n) is 9.68. The number of aryl methyl sites for hydroxylation is 1. The number of likely N-dealkylation sites (N-methyl/N-ethyl adjacent to an activating group) is 1. The lowest BCUT2D eigenvalue weighted by Crippen LogP contribution is -2.46. The van der Waals surface area contributed by atoms with E-state index in [4.69, 9.17) is 9.97 Å². The topological polar surface area (TPSA) is 90.0 Å².